The summed E-state index contributed by atoms with van der Waals surface area (Å²) in [6.45, 7) is 2.35. The second-order valence-corrected chi connectivity index (χ2v) is 7.77. The molecule has 132 valence electrons. The smallest absolute Gasteiger partial charge is 0.00794 e. The van der Waals surface area contributed by atoms with E-state index in [1.165, 1.54) is 54.9 Å². The van der Waals surface area contributed by atoms with E-state index < -0.39 is 0 Å². The van der Waals surface area contributed by atoms with Crippen molar-refractivity contribution in [3.8, 4) is 22.3 Å². The van der Waals surface area contributed by atoms with Crippen molar-refractivity contribution >= 4 is 21.5 Å². The van der Waals surface area contributed by atoms with Crippen LogP contribution in [0.1, 0.15) is 24.0 Å². The summed E-state index contributed by atoms with van der Waals surface area (Å²) in [6, 6.07) is 35.6. The molecule has 0 aromatic heterocycles. The molecule has 0 saturated carbocycles. The minimum Gasteiger partial charge on any atom is -0.0619 e. The molecule has 0 N–H and O–H groups in total. The van der Waals surface area contributed by atoms with Crippen LogP contribution in [-0.4, -0.2) is 0 Å². The SMILES string of the molecule is CC1c2ccccc2-c2cccc(-c3c4ccccc4cc4ccccc34)c21. The molecule has 1 aliphatic rings. The highest BCUT2D eigenvalue weighted by atomic mass is 14.3. The van der Waals surface area contributed by atoms with Gasteiger partial charge < -0.3 is 0 Å². The highest BCUT2D eigenvalue weighted by Gasteiger charge is 2.28. The average molecular weight is 356 g/mol. The second-order valence-electron chi connectivity index (χ2n) is 7.77. The third-order valence-electron chi connectivity index (χ3n) is 6.30. The molecular weight excluding hydrogens is 336 g/mol. The molecule has 0 bridgehead atoms. The molecule has 0 radical (unpaired) electrons. The summed E-state index contributed by atoms with van der Waals surface area (Å²) < 4.78 is 0. The summed E-state index contributed by atoms with van der Waals surface area (Å²) >= 11 is 0. The van der Waals surface area contributed by atoms with Crippen LogP contribution in [0.3, 0.4) is 0 Å². The summed E-state index contributed by atoms with van der Waals surface area (Å²) in [7, 11) is 0. The highest BCUT2D eigenvalue weighted by molar-refractivity contribution is 6.13. The van der Waals surface area contributed by atoms with Crippen LogP contribution in [-0.2, 0) is 0 Å². The fourth-order valence-electron chi connectivity index (χ4n) is 5.06. The molecule has 5 aromatic carbocycles. The fraction of sp³-hybridized carbons (Fsp3) is 0.0714. The second kappa shape index (κ2) is 5.81. The summed E-state index contributed by atoms with van der Waals surface area (Å²) in [6.07, 6.45) is 0. The monoisotopic (exact) mass is 356 g/mol. The fourth-order valence-corrected chi connectivity index (χ4v) is 5.06. The lowest BCUT2D eigenvalue weighted by Gasteiger charge is -2.17. The molecule has 28 heavy (non-hydrogen) atoms. The maximum absolute atomic E-state index is 2.35. The molecule has 1 aliphatic carbocycles. The molecule has 0 aliphatic heterocycles. The van der Waals surface area contributed by atoms with Gasteiger partial charge in [0.15, 0.2) is 0 Å². The Morgan fingerprint density at radius 1 is 0.536 bits per heavy atom. The van der Waals surface area contributed by atoms with E-state index in [1.54, 1.807) is 0 Å². The van der Waals surface area contributed by atoms with Crippen molar-refractivity contribution in [3.63, 3.8) is 0 Å². The van der Waals surface area contributed by atoms with Gasteiger partial charge in [-0.2, -0.15) is 0 Å². The van der Waals surface area contributed by atoms with Crippen LogP contribution in [0, 0.1) is 0 Å². The van der Waals surface area contributed by atoms with E-state index in [4.69, 9.17) is 0 Å². The predicted octanol–water partition coefficient (Wildman–Crippen LogP) is 7.79. The van der Waals surface area contributed by atoms with Crippen molar-refractivity contribution in [2.75, 3.05) is 0 Å². The molecule has 0 fully saturated rings. The van der Waals surface area contributed by atoms with Gasteiger partial charge in [-0.3, -0.25) is 0 Å². The summed E-state index contributed by atoms with van der Waals surface area (Å²) in [5.41, 5.74) is 8.41. The highest BCUT2D eigenvalue weighted by Crippen LogP contribution is 2.50. The first-order valence-electron chi connectivity index (χ1n) is 9.96. The van der Waals surface area contributed by atoms with E-state index >= 15 is 0 Å². The van der Waals surface area contributed by atoms with Crippen molar-refractivity contribution < 1.29 is 0 Å². The zero-order chi connectivity index (χ0) is 18.7. The summed E-state index contributed by atoms with van der Waals surface area (Å²) in [5.74, 6) is 0.403. The van der Waals surface area contributed by atoms with Crippen LogP contribution in [0.25, 0.3) is 43.8 Å². The van der Waals surface area contributed by atoms with Crippen LogP contribution in [0.2, 0.25) is 0 Å². The van der Waals surface area contributed by atoms with Crippen molar-refractivity contribution in [1.29, 1.82) is 0 Å². The maximum atomic E-state index is 2.35. The molecule has 1 unspecified atom stereocenters. The first kappa shape index (κ1) is 15.7. The van der Waals surface area contributed by atoms with Gasteiger partial charge in [-0.15, -0.1) is 0 Å². The normalized spacial score (nSPS) is 15.0. The van der Waals surface area contributed by atoms with Gasteiger partial charge in [0.05, 0.1) is 0 Å². The van der Waals surface area contributed by atoms with Crippen molar-refractivity contribution in [2.45, 2.75) is 12.8 Å². The van der Waals surface area contributed by atoms with Crippen LogP contribution >= 0.6 is 0 Å². The Kier molecular flexibility index (Phi) is 3.25. The van der Waals surface area contributed by atoms with E-state index in [0.29, 0.717) is 5.92 Å². The summed E-state index contributed by atoms with van der Waals surface area (Å²) in [4.78, 5) is 0. The number of hydrogen-bond acceptors (Lipinski definition) is 0. The summed E-state index contributed by atoms with van der Waals surface area (Å²) in [5, 5.41) is 5.27. The quantitative estimate of drug-likeness (QED) is 0.269. The van der Waals surface area contributed by atoms with Gasteiger partial charge in [0.1, 0.15) is 0 Å². The molecule has 0 nitrogen and oxygen atoms in total. The Morgan fingerprint density at radius 3 is 1.86 bits per heavy atom. The largest absolute Gasteiger partial charge is 0.0619 e. The molecule has 6 rings (SSSR count). The first-order chi connectivity index (χ1) is 13.8. The Hall–Kier alpha value is -3.38. The maximum Gasteiger partial charge on any atom is 0.00794 e. The minimum absolute atomic E-state index is 0.403. The van der Waals surface area contributed by atoms with E-state index in [2.05, 4.69) is 104 Å². The predicted molar refractivity (Wildman–Crippen MR) is 120 cm³/mol. The van der Waals surface area contributed by atoms with E-state index in [-0.39, 0.29) is 0 Å². The van der Waals surface area contributed by atoms with E-state index in [1.807, 2.05) is 0 Å². The lowest BCUT2D eigenvalue weighted by atomic mass is 9.86. The number of hydrogen-bond donors (Lipinski definition) is 0. The topological polar surface area (TPSA) is 0 Å². The molecular formula is C28H20. The number of fused-ring (bicyclic) bond motifs is 5. The van der Waals surface area contributed by atoms with E-state index in [9.17, 15) is 0 Å². The van der Waals surface area contributed by atoms with Gasteiger partial charge in [0, 0.05) is 5.92 Å². The molecule has 0 spiro atoms. The van der Waals surface area contributed by atoms with Gasteiger partial charge in [0.25, 0.3) is 0 Å². The van der Waals surface area contributed by atoms with Crippen LogP contribution < -0.4 is 0 Å². The Labute approximate surface area is 165 Å². The van der Waals surface area contributed by atoms with Crippen LogP contribution in [0.15, 0.2) is 97.1 Å². The first-order valence-corrected chi connectivity index (χ1v) is 9.96. The van der Waals surface area contributed by atoms with Crippen molar-refractivity contribution in [1.82, 2.24) is 0 Å². The standard InChI is InChI=1S/C28H20/c1-18-21-11-6-7-14-24(21)25-15-8-16-26(27(18)25)28-22-12-4-2-9-19(22)17-20-10-3-5-13-23(20)28/h2-18H,1H3. The zero-order valence-electron chi connectivity index (χ0n) is 15.8. The molecule has 0 amide bonds. The number of rotatable bonds is 1. The average Bonchev–Trinajstić information content (AvgIpc) is 3.05. The third-order valence-corrected chi connectivity index (χ3v) is 6.30. The minimum atomic E-state index is 0.403. The Morgan fingerprint density at radius 2 is 1.11 bits per heavy atom. The van der Waals surface area contributed by atoms with Crippen LogP contribution in [0.5, 0.6) is 0 Å². The third kappa shape index (κ3) is 2.06. The van der Waals surface area contributed by atoms with Gasteiger partial charge in [-0.1, -0.05) is 97.9 Å². The van der Waals surface area contributed by atoms with Crippen molar-refractivity contribution in [2.24, 2.45) is 0 Å². The van der Waals surface area contributed by atoms with E-state index in [0.717, 1.165) is 0 Å². The van der Waals surface area contributed by atoms with Crippen molar-refractivity contribution in [3.05, 3.63) is 108 Å². The Balaban J connectivity index is 1.77. The Bertz CT molecular complexity index is 1320. The molecule has 1 atom stereocenters. The zero-order valence-corrected chi connectivity index (χ0v) is 15.8. The molecule has 0 heteroatoms. The van der Waals surface area contributed by atoms with Gasteiger partial charge in [-0.25, -0.2) is 0 Å². The molecule has 0 saturated heterocycles. The van der Waals surface area contributed by atoms with Gasteiger partial charge in [-0.05, 0) is 61.0 Å². The molecule has 5 aromatic rings. The lowest BCUT2D eigenvalue weighted by Crippen LogP contribution is -1.95. The number of benzene rings is 5. The van der Waals surface area contributed by atoms with Crippen LogP contribution in [0.4, 0.5) is 0 Å². The molecule has 0 heterocycles. The lowest BCUT2D eigenvalue weighted by molar-refractivity contribution is 0.959. The van der Waals surface area contributed by atoms with Gasteiger partial charge in [0.2, 0.25) is 0 Å². The van der Waals surface area contributed by atoms with Gasteiger partial charge >= 0.3 is 0 Å².